The third-order valence-corrected chi connectivity index (χ3v) is 7.77. The number of nitrogens with one attached hydrogen (secondary N) is 1. The lowest BCUT2D eigenvalue weighted by atomic mass is 9.63. The zero-order chi connectivity index (χ0) is 31.0. The molecule has 0 fully saturated rings. The van der Waals surface area contributed by atoms with E-state index in [0.717, 1.165) is 11.6 Å². The molecule has 0 radical (unpaired) electrons. The molecule has 0 bridgehead atoms. The topological polar surface area (TPSA) is 116 Å². The van der Waals surface area contributed by atoms with Gasteiger partial charge in [0.1, 0.15) is 17.4 Å². The Morgan fingerprint density at radius 2 is 1.71 bits per heavy atom. The number of phenols is 1. The Labute approximate surface area is 247 Å². The van der Waals surface area contributed by atoms with Crippen LogP contribution in [0.2, 0.25) is 0 Å². The molecule has 0 aromatic heterocycles. The summed E-state index contributed by atoms with van der Waals surface area (Å²) in [6, 6.07) is 8.38. The lowest BCUT2D eigenvalue weighted by Crippen LogP contribution is -2.54. The first-order valence-corrected chi connectivity index (χ1v) is 14.5. The molecule has 0 aliphatic heterocycles. The lowest BCUT2D eigenvalue weighted by Gasteiger charge is -2.45. The highest BCUT2D eigenvalue weighted by Crippen LogP contribution is 2.45. The number of aliphatic hydroxyl groups is 1. The van der Waals surface area contributed by atoms with E-state index < -0.39 is 35.0 Å². The summed E-state index contributed by atoms with van der Waals surface area (Å²) >= 11 is 0. The quantitative estimate of drug-likeness (QED) is 0.258. The Bertz CT molecular complexity index is 1320. The SMILES string of the molecule is CCCN(CCC)C(=O)C1([C@H](Cc2cc(F)cc(F)c2)[C@@H](O)CNCc2cc(C)ccc2O)C=C(C)C=C(C(N)=O)C1. The van der Waals surface area contributed by atoms with Gasteiger partial charge in [-0.1, -0.05) is 49.3 Å². The van der Waals surface area contributed by atoms with E-state index in [2.05, 4.69) is 5.32 Å². The summed E-state index contributed by atoms with van der Waals surface area (Å²) in [5.74, 6) is -3.25. The third kappa shape index (κ3) is 8.04. The molecule has 9 heteroatoms. The van der Waals surface area contributed by atoms with Gasteiger partial charge in [-0.25, -0.2) is 8.78 Å². The number of carbonyl (C=O) groups is 2. The van der Waals surface area contributed by atoms with E-state index in [9.17, 15) is 28.6 Å². The fraction of sp³-hybridized carbons (Fsp3) is 0.455. The van der Waals surface area contributed by atoms with Crippen molar-refractivity contribution in [1.82, 2.24) is 10.2 Å². The molecular formula is C33H43F2N3O4. The largest absolute Gasteiger partial charge is 0.508 e. The molecule has 2 amide bonds. The number of hydrogen-bond donors (Lipinski definition) is 4. The Hall–Kier alpha value is -3.56. The first-order valence-electron chi connectivity index (χ1n) is 14.5. The van der Waals surface area contributed by atoms with Gasteiger partial charge in [0, 0.05) is 49.3 Å². The van der Waals surface area contributed by atoms with E-state index in [1.165, 1.54) is 12.1 Å². The number of primary amides is 1. The zero-order valence-electron chi connectivity index (χ0n) is 24.9. The van der Waals surface area contributed by atoms with Crippen molar-refractivity contribution >= 4 is 11.8 Å². The fourth-order valence-corrected chi connectivity index (χ4v) is 5.98. The molecule has 1 aliphatic rings. The molecular weight excluding hydrogens is 540 g/mol. The van der Waals surface area contributed by atoms with Crippen LogP contribution in [0.5, 0.6) is 5.75 Å². The number of carbonyl (C=O) groups excluding carboxylic acids is 2. The molecule has 42 heavy (non-hydrogen) atoms. The molecule has 2 aromatic carbocycles. The number of allylic oxidation sites excluding steroid dienone is 2. The Balaban J connectivity index is 2.10. The first-order chi connectivity index (χ1) is 19.9. The summed E-state index contributed by atoms with van der Waals surface area (Å²) < 4.78 is 28.6. The van der Waals surface area contributed by atoms with Gasteiger partial charge in [-0.3, -0.25) is 9.59 Å². The van der Waals surface area contributed by atoms with Gasteiger partial charge >= 0.3 is 0 Å². The maximum Gasteiger partial charge on any atom is 0.244 e. The number of aromatic hydroxyl groups is 1. The summed E-state index contributed by atoms with van der Waals surface area (Å²) in [6.45, 7) is 8.79. The van der Waals surface area contributed by atoms with Crippen LogP contribution in [0.1, 0.15) is 56.7 Å². The number of phenolic OH excluding ortho intramolecular Hbond substituents is 1. The summed E-state index contributed by atoms with van der Waals surface area (Å²) in [5.41, 5.74) is 7.07. The number of hydrogen-bond acceptors (Lipinski definition) is 5. The first kappa shape index (κ1) is 32.9. The van der Waals surface area contributed by atoms with E-state index in [0.29, 0.717) is 37.1 Å². The minimum Gasteiger partial charge on any atom is -0.508 e. The van der Waals surface area contributed by atoms with Crippen molar-refractivity contribution in [3.05, 3.63) is 88.0 Å². The van der Waals surface area contributed by atoms with E-state index in [1.54, 1.807) is 36.1 Å². The number of aliphatic hydroxyl groups excluding tert-OH is 1. The van der Waals surface area contributed by atoms with Crippen LogP contribution in [0.3, 0.4) is 0 Å². The van der Waals surface area contributed by atoms with Gasteiger partial charge < -0.3 is 26.2 Å². The van der Waals surface area contributed by atoms with Gasteiger partial charge in [0.2, 0.25) is 11.8 Å². The van der Waals surface area contributed by atoms with Gasteiger partial charge in [-0.2, -0.15) is 0 Å². The second-order valence-electron chi connectivity index (χ2n) is 11.4. The van der Waals surface area contributed by atoms with E-state index in [4.69, 9.17) is 5.73 Å². The molecule has 1 aliphatic carbocycles. The summed E-state index contributed by atoms with van der Waals surface area (Å²) in [7, 11) is 0. The smallest absolute Gasteiger partial charge is 0.244 e. The van der Waals surface area contributed by atoms with Gasteiger partial charge in [-0.15, -0.1) is 0 Å². The minimum atomic E-state index is -1.41. The summed E-state index contributed by atoms with van der Waals surface area (Å²) in [6.07, 6.45) is 3.53. The van der Waals surface area contributed by atoms with Crippen LogP contribution < -0.4 is 11.1 Å². The third-order valence-electron chi connectivity index (χ3n) is 7.77. The molecule has 0 heterocycles. The molecule has 5 N–H and O–H groups in total. The Morgan fingerprint density at radius 3 is 2.31 bits per heavy atom. The molecule has 3 rings (SSSR count). The Morgan fingerprint density at radius 1 is 1.07 bits per heavy atom. The van der Waals surface area contributed by atoms with Crippen LogP contribution in [-0.4, -0.2) is 52.7 Å². The van der Waals surface area contributed by atoms with Gasteiger partial charge in [0.05, 0.1) is 11.5 Å². The highest BCUT2D eigenvalue weighted by molar-refractivity contribution is 5.96. The van der Waals surface area contributed by atoms with Gasteiger partial charge in [0.15, 0.2) is 0 Å². The number of amides is 2. The van der Waals surface area contributed by atoms with E-state index >= 15 is 0 Å². The summed E-state index contributed by atoms with van der Waals surface area (Å²) in [5, 5.41) is 25.2. The predicted molar refractivity (Wildman–Crippen MR) is 159 cm³/mol. The van der Waals surface area contributed by atoms with Crippen molar-refractivity contribution in [2.24, 2.45) is 17.1 Å². The lowest BCUT2D eigenvalue weighted by molar-refractivity contribution is -0.145. The molecule has 228 valence electrons. The van der Waals surface area contributed by atoms with E-state index in [1.807, 2.05) is 26.8 Å². The highest BCUT2D eigenvalue weighted by Gasteiger charge is 2.50. The summed E-state index contributed by atoms with van der Waals surface area (Å²) in [4.78, 5) is 28.7. The fourth-order valence-electron chi connectivity index (χ4n) is 5.98. The van der Waals surface area contributed by atoms with Crippen LogP contribution >= 0.6 is 0 Å². The Kier molecular flexibility index (Phi) is 11.4. The maximum atomic E-state index is 14.6. The van der Waals surface area contributed by atoms with Crippen molar-refractivity contribution in [3.8, 4) is 5.75 Å². The average molecular weight is 584 g/mol. The second kappa shape index (κ2) is 14.6. The van der Waals surface area contributed by atoms with Crippen LogP contribution in [0, 0.1) is 29.9 Å². The molecule has 3 atom stereocenters. The van der Waals surface area contributed by atoms with Crippen LogP contribution in [0.4, 0.5) is 8.78 Å². The van der Waals surface area contributed by atoms with Crippen molar-refractivity contribution in [3.63, 3.8) is 0 Å². The van der Waals surface area contributed by atoms with Crippen molar-refractivity contribution in [1.29, 1.82) is 0 Å². The van der Waals surface area contributed by atoms with Crippen LogP contribution in [0.25, 0.3) is 0 Å². The molecule has 0 saturated carbocycles. The number of nitrogens with zero attached hydrogens (tertiary/aromatic N) is 1. The number of nitrogens with two attached hydrogens (primary N) is 1. The molecule has 1 unspecified atom stereocenters. The maximum absolute atomic E-state index is 14.6. The average Bonchev–Trinajstić information content (AvgIpc) is 2.92. The monoisotopic (exact) mass is 583 g/mol. The number of benzene rings is 2. The molecule has 0 saturated heterocycles. The predicted octanol–water partition coefficient (Wildman–Crippen LogP) is 4.68. The van der Waals surface area contributed by atoms with Crippen LogP contribution in [-0.2, 0) is 22.6 Å². The minimum absolute atomic E-state index is 0.00887. The van der Waals surface area contributed by atoms with Crippen molar-refractivity contribution in [2.45, 2.75) is 66.0 Å². The van der Waals surface area contributed by atoms with Crippen molar-refractivity contribution in [2.75, 3.05) is 19.6 Å². The van der Waals surface area contributed by atoms with Crippen LogP contribution in [0.15, 0.2) is 59.7 Å². The molecule has 0 spiro atoms. The molecule has 2 aromatic rings. The van der Waals surface area contributed by atoms with E-state index in [-0.39, 0.29) is 48.7 Å². The number of aryl methyl sites for hydroxylation is 1. The molecule has 7 nitrogen and oxygen atoms in total. The second-order valence-corrected chi connectivity index (χ2v) is 11.4. The van der Waals surface area contributed by atoms with Crippen molar-refractivity contribution < 1.29 is 28.6 Å². The number of halogens is 2. The van der Waals surface area contributed by atoms with Gasteiger partial charge in [-0.05, 0) is 63.3 Å². The zero-order valence-corrected chi connectivity index (χ0v) is 24.9. The number of rotatable bonds is 14. The van der Waals surface area contributed by atoms with Gasteiger partial charge in [0.25, 0.3) is 0 Å². The highest BCUT2D eigenvalue weighted by atomic mass is 19.1. The normalized spacial score (nSPS) is 18.2. The standard InChI is InChI=1S/C33H43F2N3O4/c1-5-9-38(10-6-2)32(42)33(17-22(4)12-24(18-33)31(36)41)28(15-23-13-26(34)16-27(35)14-23)30(40)20-37-19-25-11-21(3)7-8-29(25)39/h7-8,11-14,16-17,28,30,37,39-40H,5-6,9-10,15,18-20H2,1-4H3,(H2,36,41)/t28-,30+,33?/m1/s1.